The van der Waals surface area contributed by atoms with Crippen LogP contribution in [0.15, 0.2) is 36.4 Å². The lowest BCUT2D eigenvalue weighted by atomic mass is 9.94. The van der Waals surface area contributed by atoms with Gasteiger partial charge in [0, 0.05) is 34.2 Å². The molecule has 9 nitrogen and oxygen atoms in total. The van der Waals surface area contributed by atoms with Crippen LogP contribution >= 0.6 is 0 Å². The summed E-state index contributed by atoms with van der Waals surface area (Å²) in [5, 5.41) is 12.6. The second-order valence-electron chi connectivity index (χ2n) is 18.1. The first-order valence-electron chi connectivity index (χ1n) is 21.4. The van der Waals surface area contributed by atoms with Crippen LogP contribution < -0.4 is 0 Å². The first-order chi connectivity index (χ1) is 27.9. The predicted octanol–water partition coefficient (Wildman–Crippen LogP) is 11.8. The minimum absolute atomic E-state index is 0.165. The molecule has 0 amide bonds. The Morgan fingerprint density at radius 3 is 1.14 bits per heavy atom. The standard InChI is InChI=1S/C50H62N8O/c1-25-17-27(3)43(28(4)18-25)45-37(13)53-57-47(45)51-35(11)41-21-33(9)55(49(41)57)39(15)31(7)23-59-24-32(8)40(16)56-34(10)22-42-36(12)52-48-46(38(14)54-58(48)50(42)56)44-29(5)19-26(2)20-30(44)6/h17-22,31-32,39-40H,23-24H2,1-16H3. The number of aryl methyl sites for hydroxylation is 12. The number of fused-ring (bicyclic) bond motifs is 6. The summed E-state index contributed by atoms with van der Waals surface area (Å²) in [6.07, 6.45) is 0. The lowest BCUT2D eigenvalue weighted by Gasteiger charge is -2.27. The number of ether oxygens (including phenoxy) is 1. The van der Waals surface area contributed by atoms with E-state index in [1.54, 1.807) is 0 Å². The highest BCUT2D eigenvalue weighted by atomic mass is 16.5. The van der Waals surface area contributed by atoms with Crippen molar-refractivity contribution in [2.45, 2.75) is 123 Å². The summed E-state index contributed by atoms with van der Waals surface area (Å²) in [5.74, 6) is 0.490. The van der Waals surface area contributed by atoms with Crippen LogP contribution in [0.3, 0.4) is 0 Å². The molecule has 0 spiro atoms. The van der Waals surface area contributed by atoms with Crippen LogP contribution in [0.4, 0.5) is 0 Å². The maximum absolute atomic E-state index is 6.66. The quantitative estimate of drug-likeness (QED) is 0.138. The van der Waals surface area contributed by atoms with Gasteiger partial charge in [-0.3, -0.25) is 0 Å². The van der Waals surface area contributed by atoms with Crippen molar-refractivity contribution >= 4 is 33.4 Å². The normalized spacial score (nSPS) is 14.4. The summed E-state index contributed by atoms with van der Waals surface area (Å²) in [4.78, 5) is 10.4. The van der Waals surface area contributed by atoms with Gasteiger partial charge in [0.05, 0.1) is 47.1 Å². The van der Waals surface area contributed by atoms with Gasteiger partial charge in [0.2, 0.25) is 0 Å². The van der Waals surface area contributed by atoms with Crippen molar-refractivity contribution in [2.75, 3.05) is 13.2 Å². The fourth-order valence-corrected chi connectivity index (χ4v) is 10.2. The Morgan fingerprint density at radius 2 is 0.797 bits per heavy atom. The summed E-state index contributed by atoms with van der Waals surface area (Å²) in [6, 6.07) is 13.9. The first kappa shape index (κ1) is 40.5. The van der Waals surface area contributed by atoms with Crippen LogP contribution in [0.5, 0.6) is 0 Å². The van der Waals surface area contributed by atoms with Gasteiger partial charge in [0.1, 0.15) is 11.3 Å². The zero-order chi connectivity index (χ0) is 42.5. The van der Waals surface area contributed by atoms with Crippen molar-refractivity contribution in [1.82, 2.24) is 38.3 Å². The van der Waals surface area contributed by atoms with Crippen LogP contribution in [0.2, 0.25) is 0 Å². The Hall–Kier alpha value is -5.28. The fourth-order valence-electron chi connectivity index (χ4n) is 10.2. The Kier molecular flexibility index (Phi) is 10.1. The van der Waals surface area contributed by atoms with Gasteiger partial charge in [-0.2, -0.15) is 19.2 Å². The van der Waals surface area contributed by atoms with Crippen LogP contribution in [0.25, 0.3) is 55.6 Å². The molecule has 0 bridgehead atoms. The molecule has 9 heteroatoms. The Morgan fingerprint density at radius 1 is 0.458 bits per heavy atom. The van der Waals surface area contributed by atoms with Gasteiger partial charge < -0.3 is 13.9 Å². The summed E-state index contributed by atoms with van der Waals surface area (Å²) >= 11 is 0. The third kappa shape index (κ3) is 6.48. The van der Waals surface area contributed by atoms with Gasteiger partial charge in [0.25, 0.3) is 0 Å². The van der Waals surface area contributed by atoms with E-state index in [0.717, 1.165) is 67.3 Å². The lowest BCUT2D eigenvalue weighted by Crippen LogP contribution is -2.24. The number of rotatable bonds is 10. The minimum atomic E-state index is 0.165. The molecule has 6 aromatic heterocycles. The van der Waals surface area contributed by atoms with E-state index in [1.807, 2.05) is 0 Å². The summed E-state index contributed by atoms with van der Waals surface area (Å²) in [5.41, 5.74) is 22.7. The van der Waals surface area contributed by atoms with Crippen molar-refractivity contribution in [2.24, 2.45) is 11.8 Å². The van der Waals surface area contributed by atoms with Crippen molar-refractivity contribution in [1.29, 1.82) is 0 Å². The van der Waals surface area contributed by atoms with Gasteiger partial charge in [0.15, 0.2) is 11.3 Å². The number of hydrogen-bond donors (Lipinski definition) is 0. The van der Waals surface area contributed by atoms with E-state index in [2.05, 4.69) is 165 Å². The predicted molar refractivity (Wildman–Crippen MR) is 243 cm³/mol. The number of nitrogens with zero attached hydrogens (tertiary/aromatic N) is 8. The molecular weight excluding hydrogens is 729 g/mol. The molecule has 59 heavy (non-hydrogen) atoms. The van der Waals surface area contributed by atoms with Crippen LogP contribution in [-0.2, 0) is 4.74 Å². The molecule has 4 unspecified atom stereocenters. The minimum Gasteiger partial charge on any atom is -0.381 e. The Bertz CT molecular complexity index is 2720. The molecule has 0 saturated carbocycles. The molecule has 0 aliphatic carbocycles. The van der Waals surface area contributed by atoms with E-state index in [1.165, 1.54) is 55.9 Å². The number of aromatic nitrogens is 8. The van der Waals surface area contributed by atoms with E-state index < -0.39 is 0 Å². The van der Waals surface area contributed by atoms with Crippen molar-refractivity contribution in [3.05, 3.63) is 104 Å². The van der Waals surface area contributed by atoms with E-state index in [-0.39, 0.29) is 23.9 Å². The SMILES string of the molecule is Cc1cc(C)c(-c2c(C)nn3c2nc(C)c2cc(C)n(C(C)C(C)COCC(C)C(C)n4c(C)cc5c(C)nc6c(-c7c(C)cc(C)cc7C)c(C)nn6c54)c23)c(C)c1. The number of benzene rings is 2. The zero-order valence-electron chi connectivity index (χ0n) is 38.2. The average molecular weight is 791 g/mol. The van der Waals surface area contributed by atoms with Crippen LogP contribution in [0, 0.1) is 94.9 Å². The Balaban J connectivity index is 1.07. The van der Waals surface area contributed by atoms with E-state index in [9.17, 15) is 0 Å². The second kappa shape index (κ2) is 14.8. The molecule has 6 heterocycles. The van der Waals surface area contributed by atoms with Gasteiger partial charge in [-0.15, -0.1) is 0 Å². The maximum atomic E-state index is 6.66. The second-order valence-corrected chi connectivity index (χ2v) is 18.1. The van der Waals surface area contributed by atoms with Gasteiger partial charge in [-0.25, -0.2) is 9.97 Å². The largest absolute Gasteiger partial charge is 0.381 e. The summed E-state index contributed by atoms with van der Waals surface area (Å²) < 4.78 is 15.8. The molecule has 0 fully saturated rings. The molecule has 2 aromatic carbocycles. The van der Waals surface area contributed by atoms with E-state index in [0.29, 0.717) is 13.2 Å². The highest BCUT2D eigenvalue weighted by Crippen LogP contribution is 2.39. The summed E-state index contributed by atoms with van der Waals surface area (Å²) in [6.45, 7) is 36.5. The van der Waals surface area contributed by atoms with Gasteiger partial charge in [-0.1, -0.05) is 49.2 Å². The molecule has 0 aliphatic heterocycles. The first-order valence-corrected chi connectivity index (χ1v) is 21.4. The average Bonchev–Trinajstić information content (AvgIpc) is 3.87. The smallest absolute Gasteiger partial charge is 0.165 e. The van der Waals surface area contributed by atoms with Crippen molar-refractivity contribution < 1.29 is 4.74 Å². The molecule has 4 atom stereocenters. The molecule has 0 radical (unpaired) electrons. The van der Waals surface area contributed by atoms with Gasteiger partial charge in [-0.05, 0) is 154 Å². The van der Waals surface area contributed by atoms with Crippen molar-refractivity contribution in [3.63, 3.8) is 0 Å². The highest BCUT2D eigenvalue weighted by Gasteiger charge is 2.28. The Labute approximate surface area is 349 Å². The molecule has 0 saturated heterocycles. The number of hydrogen-bond acceptors (Lipinski definition) is 5. The van der Waals surface area contributed by atoms with Crippen LogP contribution in [0.1, 0.15) is 107 Å². The topological polar surface area (TPSA) is 79.5 Å². The molecular formula is C50H62N8O. The molecule has 0 N–H and O–H groups in total. The maximum Gasteiger partial charge on any atom is 0.165 e. The molecule has 308 valence electrons. The lowest BCUT2D eigenvalue weighted by molar-refractivity contribution is 0.0557. The molecule has 8 rings (SSSR count). The van der Waals surface area contributed by atoms with Gasteiger partial charge >= 0.3 is 0 Å². The summed E-state index contributed by atoms with van der Waals surface area (Å²) in [7, 11) is 0. The zero-order valence-corrected chi connectivity index (χ0v) is 38.2. The molecule has 0 aliphatic rings. The monoisotopic (exact) mass is 791 g/mol. The van der Waals surface area contributed by atoms with E-state index >= 15 is 0 Å². The third-order valence-electron chi connectivity index (χ3n) is 13.3. The fraction of sp³-hybridized carbons (Fsp3) is 0.440. The van der Waals surface area contributed by atoms with E-state index in [4.69, 9.17) is 24.9 Å². The van der Waals surface area contributed by atoms with Crippen LogP contribution in [-0.4, -0.2) is 51.5 Å². The van der Waals surface area contributed by atoms with Crippen molar-refractivity contribution in [3.8, 4) is 22.3 Å². The third-order valence-corrected chi connectivity index (χ3v) is 13.3. The molecule has 8 aromatic rings. The highest BCUT2D eigenvalue weighted by molar-refractivity contribution is 5.91.